The Morgan fingerprint density at radius 1 is 1.12 bits per heavy atom. The lowest BCUT2D eigenvalue weighted by Gasteiger charge is -2.16. The zero-order chi connectivity index (χ0) is 17.2. The first-order valence-electron chi connectivity index (χ1n) is 8.08. The third-order valence-corrected chi connectivity index (χ3v) is 4.42. The van der Waals surface area contributed by atoms with Crippen molar-refractivity contribution >= 4 is 17.5 Å². The highest BCUT2D eigenvalue weighted by atomic mass is 16.2. The van der Waals surface area contributed by atoms with Crippen LogP contribution in [-0.2, 0) is 16.1 Å². The highest BCUT2D eigenvalue weighted by molar-refractivity contribution is 6.13. The van der Waals surface area contributed by atoms with Crippen LogP contribution < -0.4 is 10.6 Å². The van der Waals surface area contributed by atoms with E-state index < -0.39 is 5.41 Å². The molecule has 24 heavy (non-hydrogen) atoms. The van der Waals surface area contributed by atoms with E-state index in [4.69, 9.17) is 0 Å². The molecule has 1 aliphatic carbocycles. The molecule has 0 spiro atoms. The average Bonchev–Trinajstić information content (AvgIpc) is 3.39. The first-order chi connectivity index (χ1) is 11.5. The van der Waals surface area contributed by atoms with Gasteiger partial charge < -0.3 is 10.6 Å². The van der Waals surface area contributed by atoms with Crippen molar-refractivity contribution in [3.05, 3.63) is 59.4 Å². The van der Waals surface area contributed by atoms with E-state index in [2.05, 4.69) is 15.6 Å². The summed E-state index contributed by atoms with van der Waals surface area (Å²) < 4.78 is 0. The first kappa shape index (κ1) is 16.2. The summed E-state index contributed by atoms with van der Waals surface area (Å²) in [4.78, 5) is 29.3. The Morgan fingerprint density at radius 2 is 1.92 bits per heavy atom. The van der Waals surface area contributed by atoms with Gasteiger partial charge in [0, 0.05) is 11.9 Å². The maximum atomic E-state index is 12.6. The maximum Gasteiger partial charge on any atom is 0.240 e. The van der Waals surface area contributed by atoms with E-state index in [0.717, 1.165) is 22.5 Å². The number of hydrogen-bond donors (Lipinski definition) is 2. The van der Waals surface area contributed by atoms with Crippen molar-refractivity contribution in [2.24, 2.45) is 5.41 Å². The number of anilines is 1. The number of amides is 2. The Morgan fingerprint density at radius 3 is 2.58 bits per heavy atom. The van der Waals surface area contributed by atoms with Crippen molar-refractivity contribution in [3.63, 3.8) is 0 Å². The Labute approximate surface area is 141 Å². The molecular weight excluding hydrogens is 302 g/mol. The second kappa shape index (κ2) is 6.43. The zero-order valence-electron chi connectivity index (χ0n) is 13.9. The number of benzene rings is 1. The second-order valence-corrected chi connectivity index (χ2v) is 6.36. The number of aryl methyl sites for hydroxylation is 2. The van der Waals surface area contributed by atoms with E-state index in [1.54, 1.807) is 6.20 Å². The van der Waals surface area contributed by atoms with Gasteiger partial charge in [-0.25, -0.2) is 0 Å². The molecule has 2 N–H and O–H groups in total. The third kappa shape index (κ3) is 3.30. The molecule has 1 saturated carbocycles. The maximum absolute atomic E-state index is 12.6. The van der Waals surface area contributed by atoms with Crippen LogP contribution in [0.1, 0.15) is 29.7 Å². The fourth-order valence-corrected chi connectivity index (χ4v) is 2.64. The molecule has 1 aromatic heterocycles. The van der Waals surface area contributed by atoms with Gasteiger partial charge >= 0.3 is 0 Å². The summed E-state index contributed by atoms with van der Waals surface area (Å²) in [6, 6.07) is 11.4. The summed E-state index contributed by atoms with van der Waals surface area (Å²) >= 11 is 0. The number of pyridine rings is 1. The molecule has 0 aliphatic heterocycles. The van der Waals surface area contributed by atoms with Gasteiger partial charge in [0.25, 0.3) is 0 Å². The molecule has 1 aliphatic rings. The Bertz CT molecular complexity index is 767. The second-order valence-electron chi connectivity index (χ2n) is 6.36. The van der Waals surface area contributed by atoms with Crippen LogP contribution in [0.25, 0.3) is 0 Å². The molecule has 1 aromatic carbocycles. The summed E-state index contributed by atoms with van der Waals surface area (Å²) in [6.45, 7) is 4.25. The van der Waals surface area contributed by atoms with Gasteiger partial charge in [0.05, 0.1) is 12.2 Å². The van der Waals surface area contributed by atoms with Crippen molar-refractivity contribution in [3.8, 4) is 0 Å². The van der Waals surface area contributed by atoms with Gasteiger partial charge in [-0.3, -0.25) is 14.6 Å². The summed E-state index contributed by atoms with van der Waals surface area (Å²) in [7, 11) is 0. The molecule has 2 aromatic rings. The van der Waals surface area contributed by atoms with Gasteiger partial charge in [0.1, 0.15) is 5.41 Å². The number of rotatable bonds is 5. The number of nitrogens with zero attached hydrogens (tertiary/aromatic N) is 1. The molecule has 1 heterocycles. The number of hydrogen-bond acceptors (Lipinski definition) is 3. The molecule has 2 amide bonds. The summed E-state index contributed by atoms with van der Waals surface area (Å²) in [5, 5.41) is 5.75. The molecule has 0 saturated heterocycles. The van der Waals surface area contributed by atoms with Gasteiger partial charge in [-0.05, 0) is 56.0 Å². The molecule has 5 heteroatoms. The molecule has 0 unspecified atom stereocenters. The Balaban J connectivity index is 1.65. The van der Waals surface area contributed by atoms with E-state index in [1.165, 1.54) is 0 Å². The highest BCUT2D eigenvalue weighted by Gasteiger charge is 2.56. The normalized spacial score (nSPS) is 14.8. The van der Waals surface area contributed by atoms with Crippen molar-refractivity contribution in [1.82, 2.24) is 10.3 Å². The summed E-state index contributed by atoms with van der Waals surface area (Å²) in [5.74, 6) is -0.453. The van der Waals surface area contributed by atoms with Crippen molar-refractivity contribution in [2.75, 3.05) is 5.32 Å². The van der Waals surface area contributed by atoms with Gasteiger partial charge in [-0.15, -0.1) is 0 Å². The third-order valence-electron chi connectivity index (χ3n) is 4.42. The topological polar surface area (TPSA) is 71.1 Å². The number of aromatic nitrogens is 1. The molecule has 1 fully saturated rings. The number of carbonyl (C=O) groups excluding carboxylic acids is 2. The quantitative estimate of drug-likeness (QED) is 0.831. The molecule has 5 nitrogen and oxygen atoms in total. The van der Waals surface area contributed by atoms with Crippen LogP contribution in [0.3, 0.4) is 0 Å². The van der Waals surface area contributed by atoms with Gasteiger partial charge in [-0.2, -0.15) is 0 Å². The predicted octanol–water partition coefficient (Wildman–Crippen LogP) is 2.73. The van der Waals surface area contributed by atoms with E-state index >= 15 is 0 Å². The van der Waals surface area contributed by atoms with Crippen LogP contribution in [0.15, 0.2) is 42.6 Å². The van der Waals surface area contributed by atoms with Crippen LogP contribution in [0, 0.1) is 19.3 Å². The van der Waals surface area contributed by atoms with Gasteiger partial charge in [-0.1, -0.05) is 18.2 Å². The molecule has 124 valence electrons. The molecular formula is C19H21N3O2. The van der Waals surface area contributed by atoms with E-state index in [0.29, 0.717) is 19.4 Å². The molecule has 0 atom stereocenters. The standard InChI is InChI=1S/C19H21N3O2/c1-13-6-7-14(2)16(11-13)22-18(24)19(8-9-19)17(23)21-12-15-5-3-4-10-20-15/h3-7,10-11H,8-9,12H2,1-2H3,(H,21,23)(H,22,24). The van der Waals surface area contributed by atoms with Crippen molar-refractivity contribution in [1.29, 1.82) is 0 Å². The Hall–Kier alpha value is -2.69. The van der Waals surface area contributed by atoms with E-state index in [1.807, 2.05) is 50.2 Å². The minimum absolute atomic E-state index is 0.226. The predicted molar refractivity (Wildman–Crippen MR) is 92.3 cm³/mol. The van der Waals surface area contributed by atoms with Crippen molar-refractivity contribution < 1.29 is 9.59 Å². The van der Waals surface area contributed by atoms with Crippen LogP contribution in [0.4, 0.5) is 5.69 Å². The average molecular weight is 323 g/mol. The smallest absolute Gasteiger partial charge is 0.240 e. The van der Waals surface area contributed by atoms with Crippen LogP contribution >= 0.6 is 0 Å². The van der Waals surface area contributed by atoms with Crippen LogP contribution in [0.2, 0.25) is 0 Å². The minimum Gasteiger partial charge on any atom is -0.350 e. The monoisotopic (exact) mass is 323 g/mol. The number of carbonyl (C=O) groups is 2. The number of nitrogens with one attached hydrogen (secondary N) is 2. The zero-order valence-corrected chi connectivity index (χ0v) is 13.9. The Kier molecular flexibility index (Phi) is 4.34. The molecule has 0 bridgehead atoms. The fraction of sp³-hybridized carbons (Fsp3) is 0.316. The molecule has 0 radical (unpaired) electrons. The SMILES string of the molecule is Cc1ccc(C)c(NC(=O)C2(C(=O)NCc3ccccn3)CC2)c1. The van der Waals surface area contributed by atoms with Gasteiger partial charge in [0.2, 0.25) is 11.8 Å². The summed E-state index contributed by atoms with van der Waals surface area (Å²) in [5.41, 5.74) is 2.66. The van der Waals surface area contributed by atoms with Crippen LogP contribution in [-0.4, -0.2) is 16.8 Å². The van der Waals surface area contributed by atoms with Gasteiger partial charge in [0.15, 0.2) is 0 Å². The lowest BCUT2D eigenvalue weighted by atomic mass is 10.0. The highest BCUT2D eigenvalue weighted by Crippen LogP contribution is 2.47. The first-order valence-corrected chi connectivity index (χ1v) is 8.08. The van der Waals surface area contributed by atoms with Crippen molar-refractivity contribution in [2.45, 2.75) is 33.2 Å². The molecule has 3 rings (SSSR count). The summed E-state index contributed by atoms with van der Waals surface area (Å²) in [6.07, 6.45) is 2.84. The fourth-order valence-electron chi connectivity index (χ4n) is 2.64. The minimum atomic E-state index is -0.940. The lowest BCUT2D eigenvalue weighted by molar-refractivity contribution is -0.134. The van der Waals surface area contributed by atoms with Crippen LogP contribution in [0.5, 0.6) is 0 Å². The largest absolute Gasteiger partial charge is 0.350 e. The lowest BCUT2D eigenvalue weighted by Crippen LogP contribution is -2.39. The van der Waals surface area contributed by atoms with E-state index in [-0.39, 0.29) is 11.8 Å². The van der Waals surface area contributed by atoms with E-state index in [9.17, 15) is 9.59 Å².